The quantitative estimate of drug-likeness (QED) is 0.238. The van der Waals surface area contributed by atoms with Crippen LogP contribution in [-0.2, 0) is 4.79 Å². The Morgan fingerprint density at radius 2 is 1.87 bits per heavy atom. The van der Waals surface area contributed by atoms with Crippen molar-refractivity contribution >= 4 is 39.1 Å². The lowest BCUT2D eigenvalue weighted by molar-refractivity contribution is -0.116. The summed E-state index contributed by atoms with van der Waals surface area (Å²) in [5, 5.41) is 9.09. The summed E-state index contributed by atoms with van der Waals surface area (Å²) in [6.07, 6.45) is 3.82. The van der Waals surface area contributed by atoms with Gasteiger partial charge in [0.1, 0.15) is 18.0 Å². The van der Waals surface area contributed by atoms with Crippen molar-refractivity contribution in [2.75, 3.05) is 48.3 Å². The summed E-state index contributed by atoms with van der Waals surface area (Å²) in [6, 6.07) is 1.85. The molecule has 0 saturated carbocycles. The van der Waals surface area contributed by atoms with E-state index in [9.17, 15) is 4.79 Å². The lowest BCUT2D eigenvalue weighted by Crippen LogP contribution is -2.27. The average molecular weight is 357 g/mol. The molecule has 5 N–H and O–H groups in total. The van der Waals surface area contributed by atoms with Crippen LogP contribution in [0.25, 0.3) is 0 Å². The molecule has 0 radical (unpaired) electrons. The van der Waals surface area contributed by atoms with E-state index in [2.05, 4.69) is 32.5 Å². The van der Waals surface area contributed by atoms with Crippen LogP contribution in [0.3, 0.4) is 0 Å². The minimum Gasteiger partial charge on any atom is -0.370 e. The SMILES string of the molecule is C=CC(=O)NCCNc1cc(NCCCSSCCN)ncn1. The molecular formula is C14H24N6OS2. The molecule has 0 atom stereocenters. The lowest BCUT2D eigenvalue weighted by Gasteiger charge is -2.08. The second-order valence-electron chi connectivity index (χ2n) is 4.42. The highest BCUT2D eigenvalue weighted by atomic mass is 33.1. The Kier molecular flexibility index (Phi) is 11.1. The second-order valence-corrected chi connectivity index (χ2v) is 7.13. The van der Waals surface area contributed by atoms with E-state index >= 15 is 0 Å². The summed E-state index contributed by atoms with van der Waals surface area (Å²) in [6.45, 7) is 6.08. The Morgan fingerprint density at radius 1 is 1.17 bits per heavy atom. The Hall–Kier alpha value is -1.45. The molecule has 1 aromatic heterocycles. The fourth-order valence-corrected chi connectivity index (χ4v) is 3.46. The van der Waals surface area contributed by atoms with Crippen LogP contribution in [-0.4, -0.2) is 53.6 Å². The Labute approximate surface area is 145 Å². The van der Waals surface area contributed by atoms with Gasteiger partial charge in [-0.1, -0.05) is 28.2 Å². The number of anilines is 2. The van der Waals surface area contributed by atoms with Gasteiger partial charge in [0.05, 0.1) is 0 Å². The standard InChI is InChI=1S/C14H24N6OS2/c1-2-14(21)18-7-6-17-13-10-12(19-11-20-13)16-5-3-8-22-23-9-4-15/h2,10-11H,1,3-9,15H2,(H,18,21)(H2,16,17,19,20). The molecule has 1 aromatic rings. The van der Waals surface area contributed by atoms with Gasteiger partial charge in [-0.05, 0) is 12.5 Å². The molecule has 0 bridgehead atoms. The number of hydrogen-bond donors (Lipinski definition) is 4. The second kappa shape index (κ2) is 13.0. The van der Waals surface area contributed by atoms with Gasteiger partial charge in [-0.15, -0.1) is 0 Å². The van der Waals surface area contributed by atoms with Gasteiger partial charge in [0, 0.05) is 43.8 Å². The van der Waals surface area contributed by atoms with E-state index in [4.69, 9.17) is 5.73 Å². The summed E-state index contributed by atoms with van der Waals surface area (Å²) in [7, 11) is 3.65. The average Bonchev–Trinajstić information content (AvgIpc) is 2.58. The van der Waals surface area contributed by atoms with E-state index in [-0.39, 0.29) is 5.91 Å². The van der Waals surface area contributed by atoms with Crippen molar-refractivity contribution in [1.82, 2.24) is 15.3 Å². The monoisotopic (exact) mass is 356 g/mol. The van der Waals surface area contributed by atoms with E-state index in [0.717, 1.165) is 42.7 Å². The summed E-state index contributed by atoms with van der Waals surface area (Å²) in [5.74, 6) is 3.41. The van der Waals surface area contributed by atoms with Crippen molar-refractivity contribution in [1.29, 1.82) is 0 Å². The number of nitrogens with two attached hydrogens (primary N) is 1. The normalized spacial score (nSPS) is 10.1. The molecule has 9 heteroatoms. The number of nitrogens with one attached hydrogen (secondary N) is 3. The van der Waals surface area contributed by atoms with Crippen LogP contribution in [0.4, 0.5) is 11.6 Å². The van der Waals surface area contributed by atoms with Gasteiger partial charge < -0.3 is 21.7 Å². The zero-order valence-corrected chi connectivity index (χ0v) is 14.7. The van der Waals surface area contributed by atoms with Crippen LogP contribution >= 0.6 is 21.6 Å². The van der Waals surface area contributed by atoms with Gasteiger partial charge in [-0.2, -0.15) is 0 Å². The molecule has 0 unspecified atom stereocenters. The molecule has 0 fully saturated rings. The number of amides is 1. The fourth-order valence-electron chi connectivity index (χ4n) is 1.51. The van der Waals surface area contributed by atoms with E-state index in [0.29, 0.717) is 13.1 Å². The predicted molar refractivity (Wildman–Crippen MR) is 101 cm³/mol. The van der Waals surface area contributed by atoms with Gasteiger partial charge >= 0.3 is 0 Å². The first-order valence-corrected chi connectivity index (χ1v) is 9.89. The predicted octanol–water partition coefficient (Wildman–Crippen LogP) is 1.33. The third kappa shape index (κ3) is 10.0. The van der Waals surface area contributed by atoms with Crippen LogP contribution in [0.1, 0.15) is 6.42 Å². The Balaban J connectivity index is 2.17. The minimum atomic E-state index is -0.181. The molecule has 128 valence electrons. The Morgan fingerprint density at radius 3 is 2.57 bits per heavy atom. The lowest BCUT2D eigenvalue weighted by atomic mass is 10.4. The van der Waals surface area contributed by atoms with Crippen LogP contribution in [0.15, 0.2) is 25.0 Å². The van der Waals surface area contributed by atoms with E-state index in [1.165, 1.54) is 12.4 Å². The van der Waals surface area contributed by atoms with Crippen molar-refractivity contribution < 1.29 is 4.79 Å². The van der Waals surface area contributed by atoms with Gasteiger partial charge in [0.15, 0.2) is 0 Å². The third-order valence-corrected chi connectivity index (χ3v) is 5.10. The molecule has 0 aliphatic rings. The third-order valence-electron chi connectivity index (χ3n) is 2.58. The first-order valence-electron chi connectivity index (χ1n) is 7.40. The van der Waals surface area contributed by atoms with Crippen molar-refractivity contribution in [3.63, 3.8) is 0 Å². The van der Waals surface area contributed by atoms with E-state index in [1.807, 2.05) is 27.7 Å². The highest BCUT2D eigenvalue weighted by Gasteiger charge is 1.99. The minimum absolute atomic E-state index is 0.181. The van der Waals surface area contributed by atoms with Crippen molar-refractivity contribution in [3.8, 4) is 0 Å². The zero-order chi connectivity index (χ0) is 16.8. The number of aromatic nitrogens is 2. The zero-order valence-electron chi connectivity index (χ0n) is 13.1. The highest BCUT2D eigenvalue weighted by molar-refractivity contribution is 8.76. The van der Waals surface area contributed by atoms with Gasteiger partial charge in [0.2, 0.25) is 5.91 Å². The van der Waals surface area contributed by atoms with Crippen LogP contribution in [0.2, 0.25) is 0 Å². The Bertz CT molecular complexity index is 474. The molecule has 1 heterocycles. The molecule has 23 heavy (non-hydrogen) atoms. The highest BCUT2D eigenvalue weighted by Crippen LogP contribution is 2.20. The van der Waals surface area contributed by atoms with Gasteiger partial charge in [-0.3, -0.25) is 4.79 Å². The van der Waals surface area contributed by atoms with Crippen molar-refractivity contribution in [3.05, 3.63) is 25.0 Å². The van der Waals surface area contributed by atoms with Gasteiger partial charge in [0.25, 0.3) is 0 Å². The molecule has 0 saturated heterocycles. The summed E-state index contributed by atoms with van der Waals surface area (Å²) >= 11 is 0. The maximum Gasteiger partial charge on any atom is 0.243 e. The largest absolute Gasteiger partial charge is 0.370 e. The first kappa shape index (κ1) is 19.6. The summed E-state index contributed by atoms with van der Waals surface area (Å²) < 4.78 is 0. The topological polar surface area (TPSA) is 105 Å². The van der Waals surface area contributed by atoms with Crippen LogP contribution < -0.4 is 21.7 Å². The molecule has 0 aromatic carbocycles. The summed E-state index contributed by atoms with van der Waals surface area (Å²) in [4.78, 5) is 19.3. The van der Waals surface area contributed by atoms with E-state index < -0.39 is 0 Å². The van der Waals surface area contributed by atoms with Crippen LogP contribution in [0.5, 0.6) is 0 Å². The number of carbonyl (C=O) groups excluding carboxylic acids is 1. The van der Waals surface area contributed by atoms with Gasteiger partial charge in [-0.25, -0.2) is 9.97 Å². The molecule has 1 amide bonds. The molecule has 0 aliphatic carbocycles. The number of hydrogen-bond acceptors (Lipinski definition) is 8. The molecule has 1 rings (SSSR count). The number of rotatable bonds is 13. The maximum absolute atomic E-state index is 11.0. The molecule has 0 spiro atoms. The molecule has 0 aliphatic heterocycles. The van der Waals surface area contributed by atoms with Crippen molar-refractivity contribution in [2.45, 2.75) is 6.42 Å². The molecule has 7 nitrogen and oxygen atoms in total. The van der Waals surface area contributed by atoms with Crippen LogP contribution in [0, 0.1) is 0 Å². The smallest absolute Gasteiger partial charge is 0.243 e. The summed E-state index contributed by atoms with van der Waals surface area (Å²) in [5.41, 5.74) is 5.43. The van der Waals surface area contributed by atoms with Crippen molar-refractivity contribution in [2.24, 2.45) is 5.73 Å². The maximum atomic E-state index is 11.0. The number of nitrogens with zero attached hydrogens (tertiary/aromatic N) is 2. The first-order chi connectivity index (χ1) is 11.3. The fraction of sp³-hybridized carbons (Fsp3) is 0.500. The van der Waals surface area contributed by atoms with E-state index in [1.54, 1.807) is 0 Å². The molecular weight excluding hydrogens is 332 g/mol. The number of carbonyl (C=O) groups is 1.